The zero-order valence-electron chi connectivity index (χ0n) is 18.4. The van der Waals surface area contributed by atoms with Crippen LogP contribution in [-0.2, 0) is 11.8 Å². The van der Waals surface area contributed by atoms with Crippen LogP contribution in [-0.4, -0.2) is 49.9 Å². The Morgan fingerprint density at radius 1 is 1.28 bits per heavy atom. The predicted octanol–water partition coefficient (Wildman–Crippen LogP) is 3.89. The molecule has 0 amide bonds. The zero-order valence-corrected chi connectivity index (χ0v) is 19.4. The van der Waals surface area contributed by atoms with Gasteiger partial charge < -0.3 is 24.1 Å². The normalized spacial score (nSPS) is 39.7. The van der Waals surface area contributed by atoms with E-state index in [-0.39, 0.29) is 33.2 Å². The Balaban J connectivity index is 1.68. The second-order valence-corrected chi connectivity index (χ2v) is 15.9. The lowest BCUT2D eigenvalue weighted by Gasteiger charge is -2.61. The molecule has 1 aromatic carbocycles. The highest BCUT2D eigenvalue weighted by Gasteiger charge is 2.67. The van der Waals surface area contributed by atoms with Gasteiger partial charge in [-0.1, -0.05) is 39.0 Å². The van der Waals surface area contributed by atoms with Gasteiger partial charge in [-0.15, -0.1) is 0 Å². The van der Waals surface area contributed by atoms with Crippen molar-refractivity contribution >= 4 is 8.32 Å². The minimum atomic E-state index is -2.04. The summed E-state index contributed by atoms with van der Waals surface area (Å²) in [6.45, 7) is 11.8. The molecule has 6 atom stereocenters. The molecular weight excluding hydrogens is 382 g/mol. The van der Waals surface area contributed by atoms with Gasteiger partial charge in [-0.3, -0.25) is 0 Å². The van der Waals surface area contributed by atoms with Gasteiger partial charge in [0.15, 0.2) is 5.75 Å². The fourth-order valence-corrected chi connectivity index (χ4v) is 6.90. The van der Waals surface area contributed by atoms with Crippen LogP contribution in [0.3, 0.4) is 0 Å². The highest BCUT2D eigenvalue weighted by atomic mass is 28.4. The predicted molar refractivity (Wildman–Crippen MR) is 116 cm³/mol. The van der Waals surface area contributed by atoms with Gasteiger partial charge >= 0.3 is 0 Å². The van der Waals surface area contributed by atoms with Crippen LogP contribution in [0.15, 0.2) is 24.3 Å². The first-order chi connectivity index (χ1) is 13.4. The monoisotopic (exact) mass is 415 g/mol. The number of benzene rings is 1. The second kappa shape index (κ2) is 5.66. The number of likely N-dealkylation sites (N-methyl/N-ethyl adjacent to an activating group) is 1. The molecule has 2 heterocycles. The van der Waals surface area contributed by atoms with Gasteiger partial charge in [0.1, 0.15) is 18.0 Å². The summed E-state index contributed by atoms with van der Waals surface area (Å²) in [5, 5.41) is 24.2. The summed E-state index contributed by atoms with van der Waals surface area (Å²) in [6.07, 6.45) is 4.45. The van der Waals surface area contributed by atoms with Crippen LogP contribution in [0.5, 0.6) is 11.5 Å². The van der Waals surface area contributed by atoms with Crippen molar-refractivity contribution < 1.29 is 18.9 Å². The molecule has 5 rings (SSSR count). The molecule has 1 unspecified atom stereocenters. The average molecular weight is 416 g/mol. The molecular formula is C23H33NO4Si. The minimum absolute atomic E-state index is 0.0239. The van der Waals surface area contributed by atoms with Crippen molar-refractivity contribution in [2.45, 2.75) is 75.4 Å². The summed E-state index contributed by atoms with van der Waals surface area (Å²) < 4.78 is 13.0. The van der Waals surface area contributed by atoms with Crippen LogP contribution in [0, 0.1) is 11.1 Å². The summed E-state index contributed by atoms with van der Waals surface area (Å²) in [5.41, 5.74) is 2.10. The van der Waals surface area contributed by atoms with Crippen LogP contribution >= 0.6 is 0 Å². The molecule has 0 radical (unpaired) electrons. The first-order valence-electron chi connectivity index (χ1n) is 10.8. The lowest BCUT2D eigenvalue weighted by atomic mass is 9.53. The highest BCUT2D eigenvalue weighted by Crippen LogP contribution is 2.63. The number of ether oxygens (including phenoxy) is 1. The number of aliphatic hydroxyl groups excluding tert-OH is 1. The number of piperidine rings is 1. The molecule has 1 saturated heterocycles. The van der Waals surface area contributed by atoms with E-state index in [1.165, 1.54) is 11.1 Å². The number of rotatable bonds is 2. The zero-order chi connectivity index (χ0) is 21.0. The van der Waals surface area contributed by atoms with E-state index in [1.807, 2.05) is 19.2 Å². The van der Waals surface area contributed by atoms with Crippen LogP contribution in [0.25, 0.3) is 0 Å². The SMILES string of the molecule is CC(C)(C)[Si](C)(C)Oc1ccc2c3c1O[C@H]1[C@@H](O)C=C[C@H]4[C@@H](C2)[N+](C)([O-])CC[C@@]341. The smallest absolute Gasteiger partial charge is 0.250 e. The molecule has 0 aromatic heterocycles. The molecule has 158 valence electrons. The highest BCUT2D eigenvalue weighted by molar-refractivity contribution is 6.74. The first kappa shape index (κ1) is 19.6. The molecule has 6 heteroatoms. The van der Waals surface area contributed by atoms with E-state index in [0.717, 1.165) is 24.3 Å². The number of hydrogen-bond acceptors (Lipinski definition) is 4. The Labute approximate surface area is 174 Å². The first-order valence-corrected chi connectivity index (χ1v) is 13.7. The third kappa shape index (κ3) is 2.43. The molecule has 0 saturated carbocycles. The van der Waals surface area contributed by atoms with Crippen LogP contribution in [0.1, 0.15) is 38.3 Å². The van der Waals surface area contributed by atoms with E-state index in [1.54, 1.807) is 0 Å². The lowest BCUT2D eigenvalue weighted by molar-refractivity contribution is -0.898. The molecule has 2 aliphatic heterocycles. The molecule has 4 aliphatic rings. The number of nitrogens with zero attached hydrogens (tertiary/aromatic N) is 1. The Bertz CT molecular complexity index is 903. The summed E-state index contributed by atoms with van der Waals surface area (Å²) in [7, 11) is -0.231. The molecule has 2 aliphatic carbocycles. The quantitative estimate of drug-likeness (QED) is 0.345. The van der Waals surface area contributed by atoms with Crippen LogP contribution in [0.2, 0.25) is 18.1 Å². The van der Waals surface area contributed by atoms with Crippen molar-refractivity contribution in [1.29, 1.82) is 0 Å². The maximum absolute atomic E-state index is 13.3. The van der Waals surface area contributed by atoms with E-state index in [4.69, 9.17) is 9.16 Å². The van der Waals surface area contributed by atoms with Gasteiger partial charge in [-0.2, -0.15) is 0 Å². The minimum Gasteiger partial charge on any atom is -0.633 e. The Morgan fingerprint density at radius 3 is 2.69 bits per heavy atom. The number of aliphatic hydroxyl groups is 1. The number of quaternary nitrogens is 1. The molecule has 1 spiro atoms. The van der Waals surface area contributed by atoms with Crippen molar-refractivity contribution in [3.63, 3.8) is 0 Å². The van der Waals surface area contributed by atoms with E-state index < -0.39 is 14.4 Å². The van der Waals surface area contributed by atoms with Gasteiger partial charge in [-0.25, -0.2) is 0 Å². The van der Waals surface area contributed by atoms with Gasteiger partial charge in [0, 0.05) is 24.3 Å². The maximum atomic E-state index is 13.3. The van der Waals surface area contributed by atoms with Crippen molar-refractivity contribution in [1.82, 2.24) is 0 Å². The number of hydrogen-bond donors (Lipinski definition) is 1. The van der Waals surface area contributed by atoms with Gasteiger partial charge in [0.25, 0.3) is 8.32 Å². The largest absolute Gasteiger partial charge is 0.633 e. The molecule has 1 fully saturated rings. The number of likely N-dealkylation sites (tertiary alicyclic amines) is 1. The van der Waals surface area contributed by atoms with Crippen LogP contribution in [0.4, 0.5) is 0 Å². The summed E-state index contributed by atoms with van der Waals surface area (Å²) in [6, 6.07) is 4.16. The van der Waals surface area contributed by atoms with E-state index in [0.29, 0.717) is 6.54 Å². The standard InChI is InChI=1S/C23H33NO4Si/c1-22(2,3)29(5,6)28-18-10-7-14-13-16-15-8-9-17(25)21-23(15,11-12-24(16,4)26)19(14)20(18)27-21/h7-10,15-17,21,25H,11-13H2,1-6H3/t15-,16+,17-,21-,23-,24?/m0/s1. The summed E-state index contributed by atoms with van der Waals surface area (Å²) >= 11 is 0. The van der Waals surface area contributed by atoms with E-state index >= 15 is 0 Å². The van der Waals surface area contributed by atoms with E-state index in [2.05, 4.69) is 46.0 Å². The van der Waals surface area contributed by atoms with Crippen molar-refractivity contribution in [2.75, 3.05) is 13.6 Å². The Morgan fingerprint density at radius 2 is 2.00 bits per heavy atom. The maximum Gasteiger partial charge on any atom is 0.250 e. The van der Waals surface area contributed by atoms with Crippen molar-refractivity contribution in [2.24, 2.45) is 5.92 Å². The van der Waals surface area contributed by atoms with E-state index in [9.17, 15) is 10.3 Å². The Kier molecular flexibility index (Phi) is 3.83. The third-order valence-electron chi connectivity index (χ3n) is 8.53. The topological polar surface area (TPSA) is 61.8 Å². The van der Waals surface area contributed by atoms with Gasteiger partial charge in [-0.05, 0) is 29.8 Å². The van der Waals surface area contributed by atoms with Crippen molar-refractivity contribution in [3.8, 4) is 11.5 Å². The molecule has 1 aromatic rings. The summed E-state index contributed by atoms with van der Waals surface area (Å²) in [4.78, 5) is 0. The van der Waals surface area contributed by atoms with Crippen molar-refractivity contribution in [3.05, 3.63) is 40.6 Å². The molecule has 2 bridgehead atoms. The van der Waals surface area contributed by atoms with Gasteiger partial charge in [0.05, 0.1) is 25.0 Å². The Hall–Kier alpha value is -1.34. The fourth-order valence-electron chi connectivity index (χ4n) is 5.88. The lowest BCUT2D eigenvalue weighted by Crippen LogP contribution is -2.69. The number of hydroxylamine groups is 3. The van der Waals surface area contributed by atoms with Crippen LogP contribution < -0.4 is 9.16 Å². The fraction of sp³-hybridized carbons (Fsp3) is 0.652. The second-order valence-electron chi connectivity index (χ2n) is 11.2. The summed E-state index contributed by atoms with van der Waals surface area (Å²) in [5.74, 6) is 1.74. The third-order valence-corrected chi connectivity index (χ3v) is 12.9. The van der Waals surface area contributed by atoms with Gasteiger partial charge in [0.2, 0.25) is 0 Å². The molecule has 29 heavy (non-hydrogen) atoms. The average Bonchev–Trinajstić information content (AvgIpc) is 2.96. The molecule has 5 nitrogen and oxygen atoms in total. The molecule has 1 N–H and O–H groups in total.